The number of piperazine rings is 1. The zero-order chi connectivity index (χ0) is 49.0. The highest BCUT2D eigenvalue weighted by molar-refractivity contribution is 6.06. The van der Waals surface area contributed by atoms with E-state index in [4.69, 9.17) is 15.6 Å². The fourth-order valence-electron chi connectivity index (χ4n) is 10.8. The summed E-state index contributed by atoms with van der Waals surface area (Å²) in [7, 11) is 0. The summed E-state index contributed by atoms with van der Waals surface area (Å²) in [4.78, 5) is 85.0. The van der Waals surface area contributed by atoms with Crippen molar-refractivity contribution in [1.29, 1.82) is 0 Å². The summed E-state index contributed by atoms with van der Waals surface area (Å²) in [5.74, 6) is 1.08. The molecule has 1 unspecified atom stereocenters. The summed E-state index contributed by atoms with van der Waals surface area (Å²) in [6, 6.07) is 30.3. The number of ketones is 1. The number of benzene rings is 4. The molecule has 0 saturated carbocycles. The molecular weight excluding hydrogens is 901 g/mol. The first-order valence-electron chi connectivity index (χ1n) is 24.9. The molecule has 0 aliphatic carbocycles. The third-order valence-electron chi connectivity index (χ3n) is 14.8. The second-order valence-electron chi connectivity index (χ2n) is 19.2. The van der Waals surface area contributed by atoms with Crippen molar-refractivity contribution in [3.63, 3.8) is 0 Å². The van der Waals surface area contributed by atoms with Crippen LogP contribution in [0.2, 0.25) is 0 Å². The van der Waals surface area contributed by atoms with E-state index in [1.807, 2.05) is 70.2 Å². The van der Waals surface area contributed by atoms with Gasteiger partial charge >= 0.3 is 0 Å². The number of Topliss-reactive ketones (excluding diaryl/α,β-unsaturated/α-hetero) is 1. The van der Waals surface area contributed by atoms with Crippen molar-refractivity contribution in [3.8, 4) is 22.8 Å². The normalized spacial score (nSPS) is 19.4. The Morgan fingerprint density at radius 1 is 0.789 bits per heavy atom. The van der Waals surface area contributed by atoms with Crippen molar-refractivity contribution >= 4 is 52.5 Å². The highest BCUT2D eigenvalue weighted by atomic mass is 16.5. The summed E-state index contributed by atoms with van der Waals surface area (Å²) in [6.07, 6.45) is 4.55. The number of aryl methyl sites for hydroxylation is 1. The van der Waals surface area contributed by atoms with Crippen molar-refractivity contribution in [1.82, 2.24) is 29.8 Å². The Labute approximate surface area is 412 Å². The van der Waals surface area contributed by atoms with E-state index in [9.17, 15) is 28.8 Å². The molecule has 71 heavy (non-hydrogen) atoms. The van der Waals surface area contributed by atoms with Gasteiger partial charge in [-0.3, -0.25) is 39.0 Å². The number of amides is 5. The van der Waals surface area contributed by atoms with Crippen molar-refractivity contribution in [2.45, 2.75) is 70.0 Å². The van der Waals surface area contributed by atoms with Crippen LogP contribution in [-0.4, -0.2) is 125 Å². The number of rotatable bonds is 16. The lowest BCUT2D eigenvalue weighted by Gasteiger charge is -2.39. The summed E-state index contributed by atoms with van der Waals surface area (Å²) in [5.41, 5.74) is 11.9. The van der Waals surface area contributed by atoms with Gasteiger partial charge in [0.2, 0.25) is 17.7 Å². The average Bonchev–Trinajstić information content (AvgIpc) is 3.96. The largest absolute Gasteiger partial charge is 0.457 e. The number of para-hydroxylation sites is 1. The lowest BCUT2D eigenvalue weighted by molar-refractivity contribution is -0.137. The number of nitrogens with two attached hydrogens (primary N) is 1. The van der Waals surface area contributed by atoms with Crippen molar-refractivity contribution in [3.05, 3.63) is 119 Å². The Hall–Kier alpha value is -7.53. The monoisotopic (exact) mass is 960 g/mol. The van der Waals surface area contributed by atoms with Crippen LogP contribution in [0.25, 0.3) is 11.3 Å². The Morgan fingerprint density at radius 3 is 2.27 bits per heavy atom. The van der Waals surface area contributed by atoms with Gasteiger partial charge in [0.1, 0.15) is 34.6 Å². The molecule has 17 heteroatoms. The number of ether oxygens (including phenoxy) is 1. The summed E-state index contributed by atoms with van der Waals surface area (Å²) in [6.45, 7) is 6.66. The molecule has 0 spiro atoms. The minimum absolute atomic E-state index is 0.0489. The number of nitrogens with zero attached hydrogens (tertiary/aromatic N) is 6. The van der Waals surface area contributed by atoms with Gasteiger partial charge in [-0.25, -0.2) is 4.68 Å². The number of fused-ring (bicyclic) bond motifs is 2. The molecule has 368 valence electrons. The predicted molar refractivity (Wildman–Crippen MR) is 268 cm³/mol. The number of hydrogen-bond donors (Lipinski definition) is 4. The van der Waals surface area contributed by atoms with E-state index in [1.165, 1.54) is 4.90 Å². The van der Waals surface area contributed by atoms with Crippen LogP contribution in [0.1, 0.15) is 82.8 Å². The Kier molecular flexibility index (Phi) is 13.8. The molecule has 3 fully saturated rings. The molecule has 4 aromatic carbocycles. The van der Waals surface area contributed by atoms with Gasteiger partial charge in [-0.15, -0.1) is 0 Å². The van der Waals surface area contributed by atoms with Crippen LogP contribution in [0.4, 0.5) is 17.2 Å². The molecule has 17 nitrogen and oxygen atoms in total. The number of likely N-dealkylation sites (tertiary alicyclic amines) is 1. The van der Waals surface area contributed by atoms with Crippen molar-refractivity contribution in [2.24, 2.45) is 11.7 Å². The minimum atomic E-state index is -0.695. The van der Waals surface area contributed by atoms with E-state index in [2.05, 4.69) is 50.0 Å². The van der Waals surface area contributed by atoms with Gasteiger partial charge in [0, 0.05) is 106 Å². The maximum Gasteiger partial charge on any atom is 0.255 e. The molecule has 5 aromatic rings. The number of aromatic nitrogens is 2. The number of carbonyl (C=O) groups is 6. The molecule has 5 N–H and O–H groups in total. The summed E-state index contributed by atoms with van der Waals surface area (Å²) in [5, 5.41) is 14.0. The van der Waals surface area contributed by atoms with Crippen LogP contribution in [0.15, 0.2) is 97.1 Å². The number of anilines is 3. The molecule has 6 heterocycles. The fraction of sp³-hybridized carbons (Fsp3) is 0.389. The van der Waals surface area contributed by atoms with Crippen LogP contribution < -0.4 is 31.3 Å². The molecule has 10 rings (SSSR count). The standard InChI is InChI=1S/C54H60N10O7/c55-51(68)49-50(37-12-17-41(18-13-37)71-40-5-2-1-3-6-40)59-64-45(21-25-56-52(49)64)36-22-27-62(28-23-36)48(67)24-26-60-29-31-61(32-30-60)38-14-9-35(10-15-38)11-16-39(65)33-57-44-8-4-7-42-43(44)34-63(54(42)70)46-19-20-47(66)58-53(46)69/h1-10,12-15,17-18,36,45-46,56-57H,11,16,19-34H2,(H2,55,68)(H,58,66,69)/t45-,46?/m0/s1. The van der Waals surface area contributed by atoms with E-state index >= 15 is 0 Å². The Morgan fingerprint density at radius 2 is 1.54 bits per heavy atom. The zero-order valence-corrected chi connectivity index (χ0v) is 39.8. The maximum atomic E-state index is 13.5. The minimum Gasteiger partial charge on any atom is -0.457 e. The summed E-state index contributed by atoms with van der Waals surface area (Å²) < 4.78 is 7.95. The van der Waals surface area contributed by atoms with Crippen LogP contribution in [0.5, 0.6) is 11.5 Å². The first-order valence-corrected chi connectivity index (χ1v) is 24.9. The third-order valence-corrected chi connectivity index (χ3v) is 14.8. The van der Waals surface area contributed by atoms with Gasteiger partial charge in [-0.2, -0.15) is 5.10 Å². The van der Waals surface area contributed by atoms with Gasteiger partial charge in [0.25, 0.3) is 11.8 Å². The van der Waals surface area contributed by atoms with E-state index in [0.717, 1.165) is 80.1 Å². The highest BCUT2D eigenvalue weighted by Crippen LogP contribution is 2.41. The van der Waals surface area contributed by atoms with Crippen molar-refractivity contribution in [2.75, 3.05) is 74.4 Å². The van der Waals surface area contributed by atoms with Crippen LogP contribution in [-0.2, 0) is 32.1 Å². The van der Waals surface area contributed by atoms with Crippen LogP contribution in [0.3, 0.4) is 0 Å². The number of piperidine rings is 2. The van der Waals surface area contributed by atoms with Gasteiger partial charge in [0.05, 0.1) is 12.6 Å². The predicted octanol–water partition coefficient (Wildman–Crippen LogP) is 5.62. The number of nitrogens with one attached hydrogen (secondary N) is 3. The number of imide groups is 1. The van der Waals surface area contributed by atoms with E-state index < -0.39 is 17.9 Å². The van der Waals surface area contributed by atoms with Gasteiger partial charge < -0.3 is 35.8 Å². The maximum absolute atomic E-state index is 13.5. The molecular formula is C54H60N10O7. The first kappa shape index (κ1) is 47.2. The smallest absolute Gasteiger partial charge is 0.255 e. The second-order valence-corrected chi connectivity index (χ2v) is 19.2. The SMILES string of the molecule is NC(=O)c1c(-c2ccc(Oc3ccccc3)cc2)nn2c1NCC[C@H]2C1CCN(C(=O)CCN2CCN(c3ccc(CCC(=O)CNc4cccc5c4CN(C4CCC(=O)NC4=O)C5=O)cc3)CC2)CC1. The second kappa shape index (κ2) is 20.8. The van der Waals surface area contributed by atoms with E-state index in [-0.39, 0.29) is 49.1 Å². The molecule has 5 aliphatic heterocycles. The first-order chi connectivity index (χ1) is 34.6. The molecule has 5 amide bonds. The van der Waals surface area contributed by atoms with Gasteiger partial charge in [0.15, 0.2) is 5.78 Å². The van der Waals surface area contributed by atoms with E-state index in [1.54, 1.807) is 12.1 Å². The lowest BCUT2D eigenvalue weighted by Crippen LogP contribution is -2.52. The van der Waals surface area contributed by atoms with Gasteiger partial charge in [-0.05, 0) is 104 Å². The topological polar surface area (TPSA) is 205 Å². The lowest BCUT2D eigenvalue weighted by atomic mass is 9.86. The number of primary amides is 1. The number of hydrogen-bond acceptors (Lipinski definition) is 12. The van der Waals surface area contributed by atoms with Crippen LogP contribution >= 0.6 is 0 Å². The van der Waals surface area contributed by atoms with Gasteiger partial charge in [-0.1, -0.05) is 36.4 Å². The molecule has 5 aliphatic rings. The van der Waals surface area contributed by atoms with Crippen LogP contribution in [0, 0.1) is 5.92 Å². The zero-order valence-electron chi connectivity index (χ0n) is 39.8. The Bertz CT molecular complexity index is 2800. The summed E-state index contributed by atoms with van der Waals surface area (Å²) >= 11 is 0. The molecule has 0 radical (unpaired) electrons. The molecule has 1 aromatic heterocycles. The average molecular weight is 961 g/mol. The Balaban J connectivity index is 0.645. The quantitative estimate of drug-likeness (QED) is 0.0890. The fourth-order valence-corrected chi connectivity index (χ4v) is 10.8. The highest BCUT2D eigenvalue weighted by Gasteiger charge is 2.40. The molecule has 0 bridgehead atoms. The van der Waals surface area contributed by atoms with E-state index in [0.29, 0.717) is 85.3 Å². The van der Waals surface area contributed by atoms with Crippen molar-refractivity contribution < 1.29 is 33.5 Å². The molecule has 3 saturated heterocycles. The number of carbonyl (C=O) groups excluding carboxylic acids is 6. The molecule has 2 atom stereocenters. The third kappa shape index (κ3) is 10.4.